The monoisotopic (exact) mass is 602 g/mol. The predicted molar refractivity (Wildman–Crippen MR) is 166 cm³/mol. The highest BCUT2D eigenvalue weighted by atomic mass is 16.5. The van der Waals surface area contributed by atoms with E-state index in [2.05, 4.69) is 26.3 Å². The zero-order chi connectivity index (χ0) is 31.8. The molecule has 0 radical (unpaired) electrons. The Bertz CT molecular complexity index is 1790. The average Bonchev–Trinajstić information content (AvgIpc) is 3.09. The first kappa shape index (κ1) is 30.6. The molecule has 12 nitrogen and oxygen atoms in total. The second kappa shape index (κ2) is 14.1. The molecule has 0 aliphatic carbocycles. The summed E-state index contributed by atoms with van der Waals surface area (Å²) in [5.41, 5.74) is 6.22. The number of pyridine rings is 1. The van der Waals surface area contributed by atoms with Gasteiger partial charge >= 0.3 is 0 Å². The minimum Gasteiger partial charge on any atom is -0.504 e. The fraction of sp³-hybridized carbons (Fsp3) is 0.212. The number of phenolic OH excluding ortho intramolecular Hbond substituents is 1. The van der Waals surface area contributed by atoms with Gasteiger partial charge in [0.1, 0.15) is 23.5 Å². The van der Waals surface area contributed by atoms with E-state index in [4.69, 9.17) is 14.9 Å². The van der Waals surface area contributed by atoms with Crippen LogP contribution in [0.25, 0.3) is 28.3 Å². The van der Waals surface area contributed by atoms with Crippen molar-refractivity contribution in [3.63, 3.8) is 0 Å². The maximum Gasteiger partial charge on any atom is 0.267 e. The lowest BCUT2D eigenvalue weighted by atomic mass is 9.93. The summed E-state index contributed by atoms with van der Waals surface area (Å²) in [6.07, 6.45) is 9.28. The van der Waals surface area contributed by atoms with Gasteiger partial charge in [0.25, 0.3) is 5.91 Å². The second-order valence-electron chi connectivity index (χ2n) is 10.3. The molecule has 45 heavy (non-hydrogen) atoms. The standard InChI is InChI=1S/C33H30N8O4/c1-45-29-8-7-23(14-28(29)42)27-20-39-33(26(15-34)32(27)24-18-37-30(16-35)38-19-24)41-12-10-25(11-13-41)36-17-22-4-2-21(3-5-22)6-9-31(43)40-44/h2-9,14,18-20,25,36,42,44H,10-13,17H2,1H3,(H,40,43)/b9-6+. The van der Waals surface area contributed by atoms with Crippen molar-refractivity contribution in [2.75, 3.05) is 25.1 Å². The number of benzene rings is 2. The van der Waals surface area contributed by atoms with Crippen LogP contribution in [0.5, 0.6) is 11.5 Å². The summed E-state index contributed by atoms with van der Waals surface area (Å²) >= 11 is 0. The van der Waals surface area contributed by atoms with Crippen LogP contribution in [0, 0.1) is 22.7 Å². The number of anilines is 1. The van der Waals surface area contributed by atoms with Gasteiger partial charge in [-0.15, -0.1) is 0 Å². The number of amides is 1. The number of methoxy groups -OCH3 is 1. The van der Waals surface area contributed by atoms with E-state index in [1.54, 1.807) is 36.0 Å². The minimum atomic E-state index is -0.586. The smallest absolute Gasteiger partial charge is 0.267 e. The Morgan fingerprint density at radius 2 is 1.78 bits per heavy atom. The van der Waals surface area contributed by atoms with Crippen molar-refractivity contribution in [3.05, 3.63) is 89.6 Å². The lowest BCUT2D eigenvalue weighted by Gasteiger charge is -2.34. The normalized spacial score (nSPS) is 13.3. The van der Waals surface area contributed by atoms with Crippen molar-refractivity contribution < 1.29 is 19.8 Å². The number of rotatable bonds is 9. The van der Waals surface area contributed by atoms with E-state index in [0.717, 1.165) is 24.0 Å². The summed E-state index contributed by atoms with van der Waals surface area (Å²) in [5.74, 6) is 0.258. The summed E-state index contributed by atoms with van der Waals surface area (Å²) in [4.78, 5) is 26.3. The lowest BCUT2D eigenvalue weighted by molar-refractivity contribution is -0.124. The Hall–Kier alpha value is -5.82. The minimum absolute atomic E-state index is 0.0182. The third-order valence-electron chi connectivity index (χ3n) is 7.61. The van der Waals surface area contributed by atoms with Crippen LogP contribution in [-0.2, 0) is 11.3 Å². The number of hydrogen-bond donors (Lipinski definition) is 4. The molecular weight excluding hydrogens is 572 g/mol. The molecule has 1 amide bonds. The van der Waals surface area contributed by atoms with Crippen LogP contribution < -0.4 is 20.4 Å². The van der Waals surface area contributed by atoms with Crippen molar-refractivity contribution in [2.45, 2.75) is 25.4 Å². The molecule has 3 heterocycles. The van der Waals surface area contributed by atoms with E-state index in [0.29, 0.717) is 59.0 Å². The number of aromatic nitrogens is 3. The number of hydrogen-bond acceptors (Lipinski definition) is 11. The van der Waals surface area contributed by atoms with Gasteiger partial charge in [-0.05, 0) is 47.7 Å². The zero-order valence-electron chi connectivity index (χ0n) is 24.4. The molecular formula is C33H30N8O4. The largest absolute Gasteiger partial charge is 0.504 e. The molecule has 0 saturated carbocycles. The number of piperidine rings is 1. The SMILES string of the molecule is COc1ccc(-c2cnc(N3CCC(NCc4ccc(/C=C/C(=O)NO)cc4)CC3)c(C#N)c2-c2cnc(C#N)nc2)cc1O. The molecule has 226 valence electrons. The zero-order valence-corrected chi connectivity index (χ0v) is 24.4. The first-order valence-electron chi connectivity index (χ1n) is 14.2. The fourth-order valence-corrected chi connectivity index (χ4v) is 5.25. The first-order chi connectivity index (χ1) is 21.9. The summed E-state index contributed by atoms with van der Waals surface area (Å²) < 4.78 is 5.19. The molecule has 1 saturated heterocycles. The number of nitrogens with one attached hydrogen (secondary N) is 2. The van der Waals surface area contributed by atoms with E-state index >= 15 is 0 Å². The highest BCUT2D eigenvalue weighted by molar-refractivity contribution is 5.91. The molecule has 0 unspecified atom stereocenters. The summed E-state index contributed by atoms with van der Waals surface area (Å²) in [6.45, 7) is 2.05. The maximum atomic E-state index is 11.2. The van der Waals surface area contributed by atoms with Gasteiger partial charge in [-0.1, -0.05) is 30.3 Å². The van der Waals surface area contributed by atoms with Crippen LogP contribution in [0.3, 0.4) is 0 Å². The third kappa shape index (κ3) is 7.05. The lowest BCUT2D eigenvalue weighted by Crippen LogP contribution is -2.42. The van der Waals surface area contributed by atoms with Gasteiger partial charge in [-0.3, -0.25) is 10.0 Å². The molecule has 1 aliphatic heterocycles. The van der Waals surface area contributed by atoms with Gasteiger partial charge in [-0.2, -0.15) is 10.5 Å². The van der Waals surface area contributed by atoms with Gasteiger partial charge in [0.05, 0.1) is 7.11 Å². The Labute approximate surface area is 259 Å². The quantitative estimate of drug-likeness (QED) is 0.124. The molecule has 2 aromatic heterocycles. The summed E-state index contributed by atoms with van der Waals surface area (Å²) in [5, 5.41) is 42.3. The molecule has 0 bridgehead atoms. The van der Waals surface area contributed by atoms with Crippen molar-refractivity contribution in [1.29, 1.82) is 10.5 Å². The molecule has 12 heteroatoms. The van der Waals surface area contributed by atoms with Crippen molar-refractivity contribution in [1.82, 2.24) is 25.7 Å². The number of phenols is 1. The van der Waals surface area contributed by atoms with Crippen LogP contribution in [-0.4, -0.2) is 57.4 Å². The molecule has 4 aromatic rings. The number of nitriles is 2. The average molecular weight is 603 g/mol. The first-order valence-corrected chi connectivity index (χ1v) is 14.2. The van der Waals surface area contributed by atoms with E-state index < -0.39 is 5.91 Å². The Balaban J connectivity index is 1.34. The van der Waals surface area contributed by atoms with Crippen LogP contribution >= 0.6 is 0 Å². The van der Waals surface area contributed by atoms with E-state index in [9.17, 15) is 20.4 Å². The number of carbonyl (C=O) groups is 1. The van der Waals surface area contributed by atoms with Crippen LogP contribution in [0.2, 0.25) is 0 Å². The number of hydroxylamine groups is 1. The van der Waals surface area contributed by atoms with Gasteiger partial charge in [0.15, 0.2) is 11.5 Å². The summed E-state index contributed by atoms with van der Waals surface area (Å²) in [6, 6.07) is 17.3. The highest BCUT2D eigenvalue weighted by Crippen LogP contribution is 2.40. The molecule has 0 spiro atoms. The molecule has 2 aromatic carbocycles. The van der Waals surface area contributed by atoms with Gasteiger partial charge in [-0.25, -0.2) is 20.4 Å². The van der Waals surface area contributed by atoms with Gasteiger partial charge < -0.3 is 20.1 Å². The number of nitrogens with zero attached hydrogens (tertiary/aromatic N) is 6. The molecule has 0 atom stereocenters. The van der Waals surface area contributed by atoms with Gasteiger partial charge in [0.2, 0.25) is 5.82 Å². The van der Waals surface area contributed by atoms with Crippen LogP contribution in [0.15, 0.2) is 67.1 Å². The van der Waals surface area contributed by atoms with E-state index in [1.807, 2.05) is 30.3 Å². The highest BCUT2D eigenvalue weighted by Gasteiger charge is 2.26. The number of carbonyl (C=O) groups excluding carboxylic acids is 1. The topological polar surface area (TPSA) is 180 Å². The molecule has 1 aliphatic rings. The van der Waals surface area contributed by atoms with Crippen LogP contribution in [0.1, 0.15) is 35.4 Å². The van der Waals surface area contributed by atoms with Crippen molar-refractivity contribution >= 4 is 17.8 Å². The summed E-state index contributed by atoms with van der Waals surface area (Å²) in [7, 11) is 1.47. The Morgan fingerprint density at radius 3 is 2.40 bits per heavy atom. The van der Waals surface area contributed by atoms with Crippen molar-refractivity contribution in [2.24, 2.45) is 0 Å². The van der Waals surface area contributed by atoms with Gasteiger partial charge in [0, 0.05) is 67.0 Å². The number of aromatic hydroxyl groups is 1. The number of ether oxygens (including phenoxy) is 1. The van der Waals surface area contributed by atoms with Crippen LogP contribution in [0.4, 0.5) is 5.82 Å². The predicted octanol–water partition coefficient (Wildman–Crippen LogP) is 3.94. The fourth-order valence-electron chi connectivity index (χ4n) is 5.25. The molecule has 4 N–H and O–H groups in total. The Morgan fingerprint density at radius 1 is 1.04 bits per heavy atom. The third-order valence-corrected chi connectivity index (χ3v) is 7.61. The van der Waals surface area contributed by atoms with Crippen molar-refractivity contribution in [3.8, 4) is 45.9 Å². The molecule has 5 rings (SSSR count). The second-order valence-corrected chi connectivity index (χ2v) is 10.3. The maximum absolute atomic E-state index is 11.2. The molecule has 1 fully saturated rings. The Kier molecular flexibility index (Phi) is 9.60. The van der Waals surface area contributed by atoms with E-state index in [-0.39, 0.29) is 17.6 Å². The van der Waals surface area contributed by atoms with E-state index in [1.165, 1.54) is 25.6 Å².